The minimum absolute atomic E-state index is 0.0426. The first kappa shape index (κ1) is 39.7. The van der Waals surface area contributed by atoms with Gasteiger partial charge in [-0.1, -0.05) is 111 Å². The van der Waals surface area contributed by atoms with Gasteiger partial charge in [0.1, 0.15) is 11.6 Å². The molecule has 0 aliphatic rings. The van der Waals surface area contributed by atoms with Crippen molar-refractivity contribution < 1.29 is 26.7 Å². The van der Waals surface area contributed by atoms with Crippen LogP contribution in [0.15, 0.2) is 122 Å². The van der Waals surface area contributed by atoms with Crippen LogP contribution in [-0.2, 0) is 24.4 Å². The lowest BCUT2D eigenvalue weighted by Crippen LogP contribution is -2.26. The van der Waals surface area contributed by atoms with Crippen LogP contribution in [0.3, 0.4) is 0 Å². The Kier molecular flexibility index (Phi) is 19.0. The molecule has 0 aliphatic carbocycles. The Morgan fingerprint density at radius 2 is 1.58 bits per heavy atom. The summed E-state index contributed by atoms with van der Waals surface area (Å²) in [6, 6.07) is 27.3. The maximum Gasteiger partial charge on any atom is 0.263 e. The maximum absolute atomic E-state index is 13.6. The van der Waals surface area contributed by atoms with Crippen LogP contribution in [0.2, 0.25) is 0 Å². The summed E-state index contributed by atoms with van der Waals surface area (Å²) in [5.41, 5.74) is 5.10. The molecule has 0 saturated carbocycles. The molecule has 0 saturated heterocycles. The van der Waals surface area contributed by atoms with Gasteiger partial charge in [-0.05, 0) is 36.6 Å². The summed E-state index contributed by atoms with van der Waals surface area (Å²) in [6.07, 6.45) is 7.84. The number of ether oxygens (including phenoxy) is 1. The molecule has 0 spiro atoms. The summed E-state index contributed by atoms with van der Waals surface area (Å²) in [5.74, 6) is 1.67. The molecule has 0 unspecified atom stereocenters. The summed E-state index contributed by atoms with van der Waals surface area (Å²) < 4.78 is 63.6. The van der Waals surface area contributed by atoms with Gasteiger partial charge in [-0.2, -0.15) is 0 Å². The van der Waals surface area contributed by atoms with Gasteiger partial charge in [0, 0.05) is 42.9 Å². The average Bonchev–Trinajstić information content (AvgIpc) is 3.48. The number of alkyl halides is 5. The minimum Gasteiger partial charge on any atom is -0.497 e. The Balaban J connectivity index is 0.00000151. The molecule has 0 radical (unpaired) electrons. The van der Waals surface area contributed by atoms with E-state index in [2.05, 4.69) is 53.3 Å². The highest BCUT2D eigenvalue weighted by atomic mass is 19.3. The second-order valence-corrected chi connectivity index (χ2v) is 10.5. The zero-order valence-electron chi connectivity index (χ0n) is 28.0. The number of benzene rings is 3. The van der Waals surface area contributed by atoms with E-state index in [-0.39, 0.29) is 5.56 Å². The van der Waals surface area contributed by atoms with Gasteiger partial charge >= 0.3 is 0 Å². The van der Waals surface area contributed by atoms with E-state index in [0.29, 0.717) is 26.8 Å². The SMILES string of the molecule is C=C/C=C(\C=C/CCN(Cc1cccc(C(F)F)c1)Cc1c(-c2ccccc2)nc(-c2ccccc2)n1CCCC)OC.CF.FCF. The molecule has 0 atom stereocenters. The quantitative estimate of drug-likeness (QED) is 0.0677. The molecule has 48 heavy (non-hydrogen) atoms. The summed E-state index contributed by atoms with van der Waals surface area (Å²) >= 11 is 0. The number of aromatic nitrogens is 2. The predicted octanol–water partition coefficient (Wildman–Crippen LogP) is 11.1. The van der Waals surface area contributed by atoms with Gasteiger partial charge in [-0.3, -0.25) is 9.29 Å². The van der Waals surface area contributed by atoms with Crippen molar-refractivity contribution in [1.29, 1.82) is 0 Å². The van der Waals surface area contributed by atoms with Crippen LogP contribution in [0, 0.1) is 0 Å². The van der Waals surface area contributed by atoms with Gasteiger partial charge in [0.25, 0.3) is 6.43 Å². The highest BCUT2D eigenvalue weighted by molar-refractivity contribution is 5.68. The van der Waals surface area contributed by atoms with Crippen LogP contribution in [0.5, 0.6) is 0 Å². The van der Waals surface area contributed by atoms with E-state index in [0.717, 1.165) is 65.5 Å². The van der Waals surface area contributed by atoms with E-state index in [4.69, 9.17) is 9.72 Å². The Bertz CT molecular complexity index is 1520. The molecule has 3 aromatic carbocycles. The molecule has 0 amide bonds. The zero-order chi connectivity index (χ0) is 35.1. The summed E-state index contributed by atoms with van der Waals surface area (Å²) in [5, 5.41) is 0. The molecule has 1 aromatic heterocycles. The Hall–Kier alpha value is -4.50. The number of imidazole rings is 1. The van der Waals surface area contributed by atoms with Crippen LogP contribution in [-0.4, -0.2) is 42.2 Å². The van der Waals surface area contributed by atoms with Crippen molar-refractivity contribution in [3.05, 3.63) is 138 Å². The molecule has 9 heteroatoms. The fourth-order valence-corrected chi connectivity index (χ4v) is 5.11. The number of allylic oxidation sites excluding steroid dienone is 3. The van der Waals surface area contributed by atoms with E-state index >= 15 is 0 Å². The van der Waals surface area contributed by atoms with Crippen molar-refractivity contribution in [2.24, 2.45) is 0 Å². The lowest BCUT2D eigenvalue weighted by atomic mass is 10.1. The number of methoxy groups -OCH3 is 1. The fourth-order valence-electron chi connectivity index (χ4n) is 5.11. The first-order valence-corrected chi connectivity index (χ1v) is 15.8. The standard InChI is InChI=1S/C37H41F2N3O.CH2F2.CH3F/c1-4-6-25-42-34(35(30-18-9-7-10-19-30)40-37(42)31-20-11-8-12-21-31)28-41(24-14-13-23-33(43-3)16-5-2)27-29-17-15-22-32(26-29)36(38)39;2-1-3;1-2/h5,7-13,15-23,26,36H,2,4,6,14,24-25,27-28H2,1,3H3;1H2;1H3/b23-13-,33-16+;;. The van der Waals surface area contributed by atoms with Gasteiger partial charge in [-0.15, -0.1) is 0 Å². The van der Waals surface area contributed by atoms with Crippen LogP contribution in [0.4, 0.5) is 22.0 Å². The summed E-state index contributed by atoms with van der Waals surface area (Å²) in [4.78, 5) is 7.56. The molecule has 1 heterocycles. The zero-order valence-corrected chi connectivity index (χ0v) is 28.0. The average molecular weight is 668 g/mol. The van der Waals surface area contributed by atoms with Gasteiger partial charge in [-0.25, -0.2) is 22.5 Å². The van der Waals surface area contributed by atoms with Crippen LogP contribution < -0.4 is 0 Å². The van der Waals surface area contributed by atoms with Crippen molar-refractivity contribution in [2.75, 3.05) is 27.8 Å². The van der Waals surface area contributed by atoms with Gasteiger partial charge in [0.15, 0.2) is 0 Å². The third kappa shape index (κ3) is 12.6. The molecule has 258 valence electrons. The minimum atomic E-state index is -2.51. The molecular formula is C39H46F5N3O. The Morgan fingerprint density at radius 3 is 2.17 bits per heavy atom. The topological polar surface area (TPSA) is 30.3 Å². The second-order valence-electron chi connectivity index (χ2n) is 10.5. The maximum atomic E-state index is 13.6. The third-order valence-electron chi connectivity index (χ3n) is 7.28. The highest BCUT2D eigenvalue weighted by Crippen LogP contribution is 2.31. The lowest BCUT2D eigenvalue weighted by molar-refractivity contribution is 0.151. The number of hydrogen-bond acceptors (Lipinski definition) is 3. The lowest BCUT2D eigenvalue weighted by Gasteiger charge is -2.24. The van der Waals surface area contributed by atoms with Crippen molar-refractivity contribution >= 4 is 0 Å². The molecule has 4 rings (SSSR count). The smallest absolute Gasteiger partial charge is 0.263 e. The normalized spacial score (nSPS) is 11.2. The van der Waals surface area contributed by atoms with Gasteiger partial charge in [0.2, 0.25) is 6.93 Å². The Morgan fingerprint density at radius 1 is 0.938 bits per heavy atom. The van der Waals surface area contributed by atoms with Crippen molar-refractivity contribution in [3.63, 3.8) is 0 Å². The van der Waals surface area contributed by atoms with Gasteiger partial charge in [0.05, 0.1) is 25.7 Å². The summed E-state index contributed by atoms with van der Waals surface area (Å²) in [6.45, 7) is 6.89. The monoisotopic (exact) mass is 667 g/mol. The molecule has 0 fully saturated rings. The van der Waals surface area contributed by atoms with Crippen molar-refractivity contribution in [3.8, 4) is 22.6 Å². The molecule has 4 aromatic rings. The second kappa shape index (κ2) is 22.9. The molecular weight excluding hydrogens is 621 g/mol. The molecule has 0 N–H and O–H groups in total. The molecule has 0 bridgehead atoms. The molecule has 0 aliphatic heterocycles. The first-order chi connectivity index (χ1) is 23.4. The number of nitrogens with zero attached hydrogens (tertiary/aromatic N) is 3. The van der Waals surface area contributed by atoms with Crippen LogP contribution >= 0.6 is 0 Å². The van der Waals surface area contributed by atoms with Gasteiger partial charge < -0.3 is 9.30 Å². The van der Waals surface area contributed by atoms with Crippen LogP contribution in [0.25, 0.3) is 22.6 Å². The van der Waals surface area contributed by atoms with E-state index < -0.39 is 13.4 Å². The molecule has 4 nitrogen and oxygen atoms in total. The van der Waals surface area contributed by atoms with E-state index in [1.165, 1.54) is 6.07 Å². The van der Waals surface area contributed by atoms with Crippen molar-refractivity contribution in [1.82, 2.24) is 14.5 Å². The van der Waals surface area contributed by atoms with Crippen molar-refractivity contribution in [2.45, 2.75) is 52.2 Å². The van der Waals surface area contributed by atoms with E-state index in [1.807, 2.05) is 54.6 Å². The number of unbranched alkanes of at least 4 members (excludes halogenated alkanes) is 1. The summed E-state index contributed by atoms with van der Waals surface area (Å²) in [7, 11) is 2.13. The van der Waals surface area contributed by atoms with E-state index in [9.17, 15) is 22.0 Å². The third-order valence-corrected chi connectivity index (χ3v) is 7.28. The first-order valence-electron chi connectivity index (χ1n) is 15.8. The number of halogens is 5. The number of hydrogen-bond donors (Lipinski definition) is 0. The Labute approximate surface area is 281 Å². The van der Waals surface area contributed by atoms with Crippen LogP contribution in [0.1, 0.15) is 49.4 Å². The highest BCUT2D eigenvalue weighted by Gasteiger charge is 2.22. The predicted molar refractivity (Wildman–Crippen MR) is 187 cm³/mol. The number of rotatable bonds is 16. The fraction of sp³-hybridized carbons (Fsp3) is 0.308. The van der Waals surface area contributed by atoms with E-state index in [1.54, 1.807) is 25.3 Å². The largest absolute Gasteiger partial charge is 0.497 e.